The van der Waals surface area contributed by atoms with E-state index in [1.807, 2.05) is 38.1 Å². The maximum Gasteiger partial charge on any atom is 0.248 e. The Balaban J connectivity index is 1.31. The average Bonchev–Trinajstić information content (AvgIpc) is 3.30. The second kappa shape index (κ2) is 10.4. The molecule has 1 aliphatic heterocycles. The van der Waals surface area contributed by atoms with E-state index in [1.54, 1.807) is 22.0 Å². The Morgan fingerprint density at radius 3 is 2.52 bits per heavy atom. The Morgan fingerprint density at radius 1 is 1.10 bits per heavy atom. The van der Waals surface area contributed by atoms with E-state index in [4.69, 9.17) is 0 Å². The predicted octanol–water partition coefficient (Wildman–Crippen LogP) is 3.98. The lowest BCUT2D eigenvalue weighted by Crippen LogP contribution is -2.47. The van der Waals surface area contributed by atoms with Crippen LogP contribution in [-0.2, 0) is 22.7 Å². The number of aliphatic hydroxyl groups is 1. The second-order valence-corrected chi connectivity index (χ2v) is 12.3. The molecule has 42 heavy (non-hydrogen) atoms. The number of carbonyl (C=O) groups excluding carboxylic acids is 3. The van der Waals surface area contributed by atoms with Gasteiger partial charge in [0.1, 0.15) is 35.3 Å². The standard InChI is InChI=1S/C30H30BrN7O4/c1-15-5-6-23(31)34-28(15)35-29(42)21-9-30(4)10-22(30)38(21)25(41)13-37-27-16(2)7-18(8-20(27)26(36-37)17(3)40)19-11-32-24(14-39)33-12-19/h5-8,11-12,21-22,39H,9-10,13-14H2,1-4H3,(H,34,35,42)/t21-,22+,30-/m0/s1. The predicted molar refractivity (Wildman–Crippen MR) is 158 cm³/mol. The van der Waals surface area contributed by atoms with Crippen molar-refractivity contribution in [2.24, 2.45) is 5.41 Å². The third-order valence-electron chi connectivity index (χ3n) is 8.36. The number of nitrogens with zero attached hydrogens (tertiary/aromatic N) is 6. The Labute approximate surface area is 250 Å². The minimum atomic E-state index is -0.634. The van der Waals surface area contributed by atoms with Crippen LogP contribution >= 0.6 is 15.9 Å². The zero-order valence-corrected chi connectivity index (χ0v) is 25.3. The molecule has 216 valence electrons. The van der Waals surface area contributed by atoms with E-state index in [1.165, 1.54) is 6.92 Å². The number of aromatic nitrogens is 5. The van der Waals surface area contributed by atoms with Crippen LogP contribution in [0.3, 0.4) is 0 Å². The van der Waals surface area contributed by atoms with Gasteiger partial charge in [-0.1, -0.05) is 13.0 Å². The van der Waals surface area contributed by atoms with Gasteiger partial charge in [0.2, 0.25) is 11.8 Å². The summed E-state index contributed by atoms with van der Waals surface area (Å²) in [4.78, 5) is 54.4. The number of aliphatic hydroxyl groups excluding tert-OH is 1. The number of hydrogen-bond acceptors (Lipinski definition) is 8. The molecule has 6 rings (SSSR count). The van der Waals surface area contributed by atoms with Gasteiger partial charge in [0, 0.05) is 36.3 Å². The molecule has 2 fully saturated rings. The number of fused-ring (bicyclic) bond motifs is 2. The minimum absolute atomic E-state index is 0.0268. The second-order valence-electron chi connectivity index (χ2n) is 11.5. The van der Waals surface area contributed by atoms with Gasteiger partial charge in [-0.2, -0.15) is 5.10 Å². The number of amides is 2. The molecular formula is C30H30BrN7O4. The van der Waals surface area contributed by atoms with Crippen molar-refractivity contribution in [3.05, 3.63) is 63.9 Å². The summed E-state index contributed by atoms with van der Waals surface area (Å²) in [5, 5.41) is 17.4. The molecule has 2 amide bonds. The molecule has 1 aliphatic carbocycles. The van der Waals surface area contributed by atoms with E-state index in [2.05, 4.69) is 48.2 Å². The zero-order chi connectivity index (χ0) is 29.9. The van der Waals surface area contributed by atoms with Crippen molar-refractivity contribution in [3.8, 4) is 11.1 Å². The molecule has 2 N–H and O–H groups in total. The first-order chi connectivity index (χ1) is 20.0. The molecule has 3 atom stereocenters. The lowest BCUT2D eigenvalue weighted by molar-refractivity contribution is -0.138. The maximum atomic E-state index is 13.9. The number of Topliss-reactive ketones (excluding diaryl/α,β-unsaturated/α-hetero) is 1. The fraction of sp³-hybridized carbons (Fsp3) is 0.367. The van der Waals surface area contributed by atoms with Crippen LogP contribution in [0.1, 0.15) is 54.1 Å². The first kappa shape index (κ1) is 28.1. The van der Waals surface area contributed by atoms with Gasteiger partial charge in [-0.15, -0.1) is 0 Å². The molecule has 4 heterocycles. The van der Waals surface area contributed by atoms with E-state index >= 15 is 0 Å². The van der Waals surface area contributed by atoms with Gasteiger partial charge >= 0.3 is 0 Å². The molecule has 0 radical (unpaired) electrons. The maximum absolute atomic E-state index is 13.9. The van der Waals surface area contributed by atoms with Crippen LogP contribution < -0.4 is 5.32 Å². The molecule has 2 aliphatic rings. The number of halogens is 1. The van der Waals surface area contributed by atoms with Gasteiger partial charge in [0.05, 0.1) is 5.52 Å². The van der Waals surface area contributed by atoms with E-state index < -0.39 is 6.04 Å². The van der Waals surface area contributed by atoms with Gasteiger partial charge in [-0.05, 0) is 82.9 Å². The van der Waals surface area contributed by atoms with Crippen LogP contribution in [0.4, 0.5) is 5.82 Å². The van der Waals surface area contributed by atoms with Crippen LogP contribution in [0, 0.1) is 19.3 Å². The molecule has 11 nitrogen and oxygen atoms in total. The van der Waals surface area contributed by atoms with Crippen molar-refractivity contribution in [2.45, 2.75) is 65.8 Å². The van der Waals surface area contributed by atoms with Gasteiger partial charge in [-0.3, -0.25) is 19.1 Å². The topological polar surface area (TPSA) is 143 Å². The number of anilines is 1. The number of likely N-dealkylation sites (tertiary alicyclic amines) is 1. The molecule has 1 saturated heterocycles. The van der Waals surface area contributed by atoms with E-state index in [0.717, 1.165) is 28.7 Å². The van der Waals surface area contributed by atoms with E-state index in [0.29, 0.717) is 33.6 Å². The number of nitrogens with one attached hydrogen (secondary N) is 1. The zero-order valence-electron chi connectivity index (χ0n) is 23.7. The van der Waals surface area contributed by atoms with E-state index in [-0.39, 0.29) is 47.9 Å². The summed E-state index contributed by atoms with van der Waals surface area (Å²) < 4.78 is 2.18. The van der Waals surface area contributed by atoms with Gasteiger partial charge in [0.25, 0.3) is 0 Å². The molecule has 0 unspecified atom stereocenters. The fourth-order valence-corrected chi connectivity index (χ4v) is 6.36. The molecule has 1 aromatic carbocycles. The van der Waals surface area contributed by atoms with E-state index in [9.17, 15) is 19.5 Å². The summed E-state index contributed by atoms with van der Waals surface area (Å²) in [6, 6.07) is 6.79. The number of carbonyl (C=O) groups is 3. The van der Waals surface area contributed by atoms with Crippen molar-refractivity contribution in [3.63, 3.8) is 0 Å². The number of hydrogen-bond donors (Lipinski definition) is 2. The van der Waals surface area contributed by atoms with Crippen LogP contribution in [0.2, 0.25) is 0 Å². The average molecular weight is 633 g/mol. The smallest absolute Gasteiger partial charge is 0.248 e. The largest absolute Gasteiger partial charge is 0.388 e. The third-order valence-corrected chi connectivity index (χ3v) is 8.81. The molecule has 0 spiro atoms. The minimum Gasteiger partial charge on any atom is -0.388 e. The molecule has 12 heteroatoms. The van der Waals surface area contributed by atoms with Crippen LogP contribution in [0.15, 0.2) is 41.3 Å². The molecular weight excluding hydrogens is 602 g/mol. The van der Waals surface area contributed by atoms with Gasteiger partial charge in [-0.25, -0.2) is 15.0 Å². The molecule has 4 aromatic rings. The Kier molecular flexibility index (Phi) is 6.93. The quantitative estimate of drug-likeness (QED) is 0.230. The molecule has 0 bridgehead atoms. The molecule has 3 aromatic heterocycles. The third kappa shape index (κ3) is 4.88. The van der Waals surface area contributed by atoms with Crippen molar-refractivity contribution < 1.29 is 19.5 Å². The lowest BCUT2D eigenvalue weighted by Gasteiger charge is -2.27. The Hall–Kier alpha value is -4.03. The highest BCUT2D eigenvalue weighted by Gasteiger charge is 2.64. The summed E-state index contributed by atoms with van der Waals surface area (Å²) in [7, 11) is 0. The van der Waals surface area contributed by atoms with Gasteiger partial charge in [0.15, 0.2) is 11.6 Å². The van der Waals surface area contributed by atoms with Crippen molar-refractivity contribution in [1.29, 1.82) is 0 Å². The van der Waals surface area contributed by atoms with Crippen LogP contribution in [0.25, 0.3) is 22.0 Å². The van der Waals surface area contributed by atoms with Crippen molar-refractivity contribution in [2.75, 3.05) is 5.32 Å². The highest BCUT2D eigenvalue weighted by atomic mass is 79.9. The normalized spacial score (nSPS) is 21.0. The summed E-state index contributed by atoms with van der Waals surface area (Å²) >= 11 is 3.35. The fourth-order valence-electron chi connectivity index (χ4n) is 6.06. The Morgan fingerprint density at radius 2 is 1.83 bits per heavy atom. The summed E-state index contributed by atoms with van der Waals surface area (Å²) in [5.74, 6) is 0.0574. The number of benzene rings is 1. The van der Waals surface area contributed by atoms with Crippen molar-refractivity contribution >= 4 is 50.2 Å². The first-order valence-electron chi connectivity index (χ1n) is 13.7. The highest BCUT2D eigenvalue weighted by Crippen LogP contribution is 2.59. The number of piperidine rings is 1. The summed E-state index contributed by atoms with van der Waals surface area (Å²) in [5.41, 5.74) is 4.00. The SMILES string of the molecule is CC(=O)c1nn(CC(=O)N2[C@H](C(=O)Nc3nc(Br)ccc3C)C[C@@]3(C)C[C@@H]23)c2c(C)cc(-c3cnc(CO)nc3)cc12. The monoisotopic (exact) mass is 631 g/mol. The summed E-state index contributed by atoms with van der Waals surface area (Å²) in [6.45, 7) is 6.96. The molecule has 1 saturated carbocycles. The summed E-state index contributed by atoms with van der Waals surface area (Å²) in [6.07, 6.45) is 4.66. The number of pyridine rings is 1. The first-order valence-corrected chi connectivity index (χ1v) is 14.5. The highest BCUT2D eigenvalue weighted by molar-refractivity contribution is 9.10. The van der Waals surface area contributed by atoms with Crippen LogP contribution in [-0.4, -0.2) is 64.4 Å². The lowest BCUT2D eigenvalue weighted by atomic mass is 10.0. The number of aryl methyl sites for hydroxylation is 2. The Bertz CT molecular complexity index is 1770. The number of ketones is 1. The van der Waals surface area contributed by atoms with Gasteiger partial charge < -0.3 is 15.3 Å². The number of rotatable bonds is 7. The van der Waals surface area contributed by atoms with Crippen molar-refractivity contribution in [1.82, 2.24) is 29.6 Å². The van der Waals surface area contributed by atoms with Crippen LogP contribution in [0.5, 0.6) is 0 Å².